The van der Waals surface area contributed by atoms with E-state index in [1.165, 1.54) is 0 Å². The van der Waals surface area contributed by atoms with Crippen molar-refractivity contribution in [1.29, 1.82) is 5.26 Å². The van der Waals surface area contributed by atoms with E-state index in [0.717, 1.165) is 5.46 Å². The molecule has 1 aromatic heterocycles. The van der Waals surface area contributed by atoms with Gasteiger partial charge in [-0.05, 0) is 33.2 Å². The van der Waals surface area contributed by atoms with Crippen LogP contribution in [-0.4, -0.2) is 23.3 Å². The van der Waals surface area contributed by atoms with Crippen molar-refractivity contribution < 1.29 is 9.31 Å². The molecule has 0 aromatic carbocycles. The molecule has 5 nitrogen and oxygen atoms in total. The molecule has 1 aliphatic heterocycles. The van der Waals surface area contributed by atoms with Crippen molar-refractivity contribution in [2.75, 3.05) is 0 Å². The lowest BCUT2D eigenvalue weighted by molar-refractivity contribution is 0.00578. The molecule has 0 aliphatic carbocycles. The van der Waals surface area contributed by atoms with E-state index in [4.69, 9.17) is 14.6 Å². The smallest absolute Gasteiger partial charge is 0.399 e. The molecule has 19 heavy (non-hydrogen) atoms. The lowest BCUT2D eigenvalue weighted by Crippen LogP contribution is -2.41. The second kappa shape index (κ2) is 4.51. The van der Waals surface area contributed by atoms with Gasteiger partial charge in [0.2, 0.25) is 0 Å². The first-order valence-electron chi connectivity index (χ1n) is 6.21. The monoisotopic (exact) mass is 260 g/mol. The minimum absolute atomic E-state index is 0.0721. The van der Waals surface area contributed by atoms with Crippen molar-refractivity contribution in [2.24, 2.45) is 0 Å². The number of hydrogen-bond acceptors (Lipinski definition) is 4. The zero-order chi connectivity index (χ0) is 14.3. The molecule has 1 N–H and O–H groups in total. The highest BCUT2D eigenvalue weighted by Gasteiger charge is 2.51. The van der Waals surface area contributed by atoms with Gasteiger partial charge in [0.25, 0.3) is 5.56 Å². The quantitative estimate of drug-likeness (QED) is 0.796. The molecule has 0 unspecified atom stereocenters. The van der Waals surface area contributed by atoms with Crippen LogP contribution in [0.1, 0.15) is 33.3 Å². The van der Waals surface area contributed by atoms with Crippen LogP contribution in [0, 0.1) is 11.3 Å². The number of H-pyrrole nitrogens is 1. The lowest BCUT2D eigenvalue weighted by Gasteiger charge is -2.32. The summed E-state index contributed by atoms with van der Waals surface area (Å²) in [7, 11) is -0.528. The van der Waals surface area contributed by atoms with Gasteiger partial charge in [0, 0.05) is 11.8 Å². The minimum Gasteiger partial charge on any atom is -0.399 e. The molecule has 6 heteroatoms. The molecule has 2 rings (SSSR count). The number of nitrogens with zero attached hydrogens (tertiary/aromatic N) is 1. The van der Waals surface area contributed by atoms with Gasteiger partial charge in [0.05, 0.1) is 23.7 Å². The molecule has 2 heterocycles. The van der Waals surface area contributed by atoms with Crippen LogP contribution in [0.15, 0.2) is 17.1 Å². The third kappa shape index (κ3) is 2.44. The predicted molar refractivity (Wildman–Crippen MR) is 72.1 cm³/mol. The number of pyridine rings is 1. The summed E-state index contributed by atoms with van der Waals surface area (Å²) in [5, 5.41) is 8.70. The Hall–Kier alpha value is -1.58. The molecular formula is C13H17BN2O3. The van der Waals surface area contributed by atoms with E-state index in [9.17, 15) is 4.79 Å². The van der Waals surface area contributed by atoms with Crippen LogP contribution in [0.4, 0.5) is 0 Å². The van der Waals surface area contributed by atoms with Crippen LogP contribution < -0.4 is 11.0 Å². The zero-order valence-corrected chi connectivity index (χ0v) is 11.6. The number of aromatic nitrogens is 1. The van der Waals surface area contributed by atoms with E-state index in [1.54, 1.807) is 12.3 Å². The lowest BCUT2D eigenvalue weighted by atomic mass is 9.79. The molecule has 100 valence electrons. The Morgan fingerprint density at radius 1 is 1.32 bits per heavy atom. The standard InChI is InChI=1S/C13H17BN2O3/c1-12(2)13(3,4)19-14(18-12)10-7-9(5-6-15)11(17)16-8-10/h7-8H,5H2,1-4H3,(H,16,17). The Balaban J connectivity index is 2.33. The van der Waals surface area contributed by atoms with Crippen molar-refractivity contribution >= 4 is 12.6 Å². The number of nitriles is 1. The van der Waals surface area contributed by atoms with Crippen LogP contribution in [0.2, 0.25) is 0 Å². The maximum atomic E-state index is 11.5. The van der Waals surface area contributed by atoms with Gasteiger partial charge in [-0.2, -0.15) is 5.26 Å². The molecule has 1 aromatic rings. The Labute approximate surface area is 112 Å². The average Bonchev–Trinajstić information content (AvgIpc) is 2.51. The molecule has 0 saturated carbocycles. The summed E-state index contributed by atoms with van der Waals surface area (Å²) >= 11 is 0. The van der Waals surface area contributed by atoms with E-state index in [1.807, 2.05) is 33.8 Å². The Morgan fingerprint density at radius 2 is 1.89 bits per heavy atom. The van der Waals surface area contributed by atoms with Gasteiger partial charge in [0.15, 0.2) is 0 Å². The predicted octanol–water partition coefficient (Wildman–Crippen LogP) is 0.740. The third-order valence-electron chi connectivity index (χ3n) is 3.80. The Morgan fingerprint density at radius 3 is 2.42 bits per heavy atom. The van der Waals surface area contributed by atoms with Gasteiger partial charge >= 0.3 is 7.12 Å². The van der Waals surface area contributed by atoms with E-state index in [2.05, 4.69) is 4.98 Å². The van der Waals surface area contributed by atoms with Gasteiger partial charge in [-0.15, -0.1) is 0 Å². The second-order valence-corrected chi connectivity index (χ2v) is 5.71. The topological polar surface area (TPSA) is 75.1 Å². The van der Waals surface area contributed by atoms with Crippen molar-refractivity contribution in [2.45, 2.75) is 45.3 Å². The van der Waals surface area contributed by atoms with E-state index in [-0.39, 0.29) is 12.0 Å². The van der Waals surface area contributed by atoms with Crippen LogP contribution in [0.25, 0.3) is 0 Å². The average molecular weight is 260 g/mol. The van der Waals surface area contributed by atoms with Crippen molar-refractivity contribution in [1.82, 2.24) is 4.98 Å². The first kappa shape index (κ1) is 13.8. The summed E-state index contributed by atoms with van der Waals surface area (Å²) in [6.07, 6.45) is 1.65. The fraction of sp³-hybridized carbons (Fsp3) is 0.538. The zero-order valence-electron chi connectivity index (χ0n) is 11.6. The first-order valence-corrected chi connectivity index (χ1v) is 6.21. The van der Waals surface area contributed by atoms with E-state index < -0.39 is 18.3 Å². The van der Waals surface area contributed by atoms with Gasteiger partial charge in [-0.25, -0.2) is 0 Å². The SMILES string of the molecule is CC1(C)OB(c2c[nH]c(=O)c(CC#N)c2)OC1(C)C. The normalized spacial score (nSPS) is 20.3. The summed E-state index contributed by atoms with van der Waals surface area (Å²) < 4.78 is 11.8. The Bertz CT molecular complexity index is 570. The first-order chi connectivity index (χ1) is 8.77. The molecule has 1 fully saturated rings. The third-order valence-corrected chi connectivity index (χ3v) is 3.80. The molecule has 0 bridgehead atoms. The van der Waals surface area contributed by atoms with Gasteiger partial charge in [0.1, 0.15) is 0 Å². The molecule has 0 spiro atoms. The summed E-state index contributed by atoms with van der Waals surface area (Å²) in [5.74, 6) is 0. The van der Waals surface area contributed by atoms with Gasteiger partial charge in [-0.1, -0.05) is 6.07 Å². The number of nitrogens with one attached hydrogen (secondary N) is 1. The second-order valence-electron chi connectivity index (χ2n) is 5.71. The fourth-order valence-electron chi connectivity index (χ4n) is 1.88. The molecule has 0 amide bonds. The van der Waals surface area contributed by atoms with Crippen LogP contribution in [0.5, 0.6) is 0 Å². The van der Waals surface area contributed by atoms with Crippen molar-refractivity contribution in [3.63, 3.8) is 0 Å². The molecule has 1 saturated heterocycles. The van der Waals surface area contributed by atoms with Crippen molar-refractivity contribution in [3.05, 3.63) is 28.2 Å². The summed E-state index contributed by atoms with van der Waals surface area (Å²) in [5.41, 5.74) is 0.0480. The number of rotatable bonds is 2. The highest BCUT2D eigenvalue weighted by atomic mass is 16.7. The fourth-order valence-corrected chi connectivity index (χ4v) is 1.88. The highest BCUT2D eigenvalue weighted by molar-refractivity contribution is 6.62. The Kier molecular flexibility index (Phi) is 3.29. The molecule has 0 radical (unpaired) electrons. The number of aromatic amines is 1. The highest BCUT2D eigenvalue weighted by Crippen LogP contribution is 2.36. The number of hydrogen-bond donors (Lipinski definition) is 1. The molecule has 0 atom stereocenters. The molecular weight excluding hydrogens is 243 g/mol. The van der Waals surface area contributed by atoms with Crippen molar-refractivity contribution in [3.8, 4) is 6.07 Å². The largest absolute Gasteiger partial charge is 0.496 e. The minimum atomic E-state index is -0.528. The van der Waals surface area contributed by atoms with Crippen LogP contribution in [-0.2, 0) is 15.7 Å². The summed E-state index contributed by atoms with van der Waals surface area (Å²) in [6.45, 7) is 7.87. The molecule has 1 aliphatic rings. The van der Waals surface area contributed by atoms with E-state index >= 15 is 0 Å². The summed E-state index contributed by atoms with van der Waals surface area (Å²) in [4.78, 5) is 14.2. The maximum absolute atomic E-state index is 11.5. The van der Waals surface area contributed by atoms with E-state index in [0.29, 0.717) is 5.56 Å². The van der Waals surface area contributed by atoms with Crippen LogP contribution in [0.3, 0.4) is 0 Å². The van der Waals surface area contributed by atoms with Gasteiger partial charge < -0.3 is 14.3 Å². The van der Waals surface area contributed by atoms with Crippen LogP contribution >= 0.6 is 0 Å². The van der Waals surface area contributed by atoms with Gasteiger partial charge in [-0.3, -0.25) is 4.79 Å². The summed E-state index contributed by atoms with van der Waals surface area (Å²) in [6, 6.07) is 3.64. The maximum Gasteiger partial charge on any atom is 0.496 e.